The lowest BCUT2D eigenvalue weighted by molar-refractivity contribution is -0.126. The first kappa shape index (κ1) is 12.2. The number of ketones is 1. The number of Topliss-reactive ketones (excluding diaryl/α,β-unsaturated/α-hetero) is 1. The van der Waals surface area contributed by atoms with Crippen LogP contribution in [0, 0.1) is 0 Å². The summed E-state index contributed by atoms with van der Waals surface area (Å²) in [4.78, 5) is 25.8. The van der Waals surface area contributed by atoms with Crippen LogP contribution in [-0.4, -0.2) is 35.4 Å². The summed E-state index contributed by atoms with van der Waals surface area (Å²) < 4.78 is 0. The molecular formula is C13H15NO2S. The largest absolute Gasteiger partial charge is 0.345 e. The van der Waals surface area contributed by atoms with Crippen LogP contribution < -0.4 is 0 Å². The number of hydrogen-bond acceptors (Lipinski definition) is 3. The molecule has 1 aromatic carbocycles. The predicted octanol–water partition coefficient (Wildman–Crippen LogP) is 2.21. The SMILES string of the molecule is CC(=O)c1cccc(SC2CCN(C)C2=O)c1. The van der Waals surface area contributed by atoms with Crippen LogP contribution in [0.25, 0.3) is 0 Å². The van der Waals surface area contributed by atoms with Gasteiger partial charge < -0.3 is 4.90 Å². The summed E-state index contributed by atoms with van der Waals surface area (Å²) in [5.74, 6) is 0.241. The molecule has 1 aromatic rings. The van der Waals surface area contributed by atoms with Gasteiger partial charge in [0.1, 0.15) is 0 Å². The van der Waals surface area contributed by atoms with Gasteiger partial charge in [-0.25, -0.2) is 0 Å². The number of carbonyl (C=O) groups excluding carboxylic acids is 2. The van der Waals surface area contributed by atoms with Gasteiger partial charge in [0.05, 0.1) is 5.25 Å². The minimum atomic E-state index is 0.00204. The molecule has 0 saturated carbocycles. The van der Waals surface area contributed by atoms with Gasteiger partial charge in [-0.1, -0.05) is 12.1 Å². The Bertz CT molecular complexity index is 458. The molecule has 2 rings (SSSR count). The first-order valence-electron chi connectivity index (χ1n) is 5.60. The monoisotopic (exact) mass is 249 g/mol. The summed E-state index contributed by atoms with van der Waals surface area (Å²) in [7, 11) is 1.83. The highest BCUT2D eigenvalue weighted by Crippen LogP contribution is 2.30. The third-order valence-electron chi connectivity index (χ3n) is 2.90. The van der Waals surface area contributed by atoms with Crippen LogP contribution >= 0.6 is 11.8 Å². The van der Waals surface area contributed by atoms with E-state index >= 15 is 0 Å². The molecule has 0 N–H and O–H groups in total. The fourth-order valence-electron chi connectivity index (χ4n) is 1.85. The van der Waals surface area contributed by atoms with E-state index in [0.717, 1.165) is 17.9 Å². The number of rotatable bonds is 3. The Morgan fingerprint density at radius 2 is 2.24 bits per heavy atom. The molecule has 0 bridgehead atoms. The van der Waals surface area contributed by atoms with Crippen molar-refractivity contribution in [2.75, 3.05) is 13.6 Å². The van der Waals surface area contributed by atoms with Gasteiger partial charge in [0.2, 0.25) is 5.91 Å². The van der Waals surface area contributed by atoms with E-state index in [1.807, 2.05) is 25.2 Å². The molecule has 90 valence electrons. The average Bonchev–Trinajstić information content (AvgIpc) is 2.61. The summed E-state index contributed by atoms with van der Waals surface area (Å²) in [6.07, 6.45) is 0.879. The maximum Gasteiger partial charge on any atom is 0.235 e. The number of hydrogen-bond donors (Lipinski definition) is 0. The van der Waals surface area contributed by atoms with Crippen molar-refractivity contribution in [2.45, 2.75) is 23.5 Å². The number of amides is 1. The van der Waals surface area contributed by atoms with Crippen LogP contribution in [0.5, 0.6) is 0 Å². The maximum absolute atomic E-state index is 11.8. The highest BCUT2D eigenvalue weighted by molar-refractivity contribution is 8.00. The lowest BCUT2D eigenvalue weighted by atomic mass is 10.2. The quantitative estimate of drug-likeness (QED) is 0.771. The van der Waals surface area contributed by atoms with E-state index in [0.29, 0.717) is 5.56 Å². The van der Waals surface area contributed by atoms with E-state index in [9.17, 15) is 9.59 Å². The van der Waals surface area contributed by atoms with Crippen molar-refractivity contribution in [3.8, 4) is 0 Å². The molecule has 4 heteroatoms. The standard InChI is InChI=1S/C13H15NO2S/c1-9(15)10-4-3-5-11(8-10)17-12-6-7-14(2)13(12)16/h3-5,8,12H,6-7H2,1-2H3. The smallest absolute Gasteiger partial charge is 0.235 e. The van der Waals surface area contributed by atoms with E-state index in [-0.39, 0.29) is 16.9 Å². The van der Waals surface area contributed by atoms with Crippen LogP contribution in [0.4, 0.5) is 0 Å². The fraction of sp³-hybridized carbons (Fsp3) is 0.385. The lowest BCUT2D eigenvalue weighted by Crippen LogP contribution is -2.23. The molecule has 1 heterocycles. The number of likely N-dealkylation sites (tertiary alicyclic amines) is 1. The van der Waals surface area contributed by atoms with Gasteiger partial charge in [0.15, 0.2) is 5.78 Å². The minimum Gasteiger partial charge on any atom is -0.345 e. The van der Waals surface area contributed by atoms with Gasteiger partial charge >= 0.3 is 0 Å². The van der Waals surface area contributed by atoms with Crippen LogP contribution in [0.2, 0.25) is 0 Å². The zero-order valence-electron chi connectivity index (χ0n) is 9.97. The van der Waals surface area contributed by atoms with Crippen LogP contribution in [0.15, 0.2) is 29.2 Å². The maximum atomic E-state index is 11.8. The minimum absolute atomic E-state index is 0.00204. The van der Waals surface area contributed by atoms with Gasteiger partial charge in [0.25, 0.3) is 0 Å². The highest BCUT2D eigenvalue weighted by Gasteiger charge is 2.29. The summed E-state index contributed by atoms with van der Waals surface area (Å²) >= 11 is 1.55. The van der Waals surface area contributed by atoms with Crippen molar-refractivity contribution in [3.63, 3.8) is 0 Å². The van der Waals surface area contributed by atoms with E-state index in [1.165, 1.54) is 0 Å². The van der Waals surface area contributed by atoms with Crippen LogP contribution in [-0.2, 0) is 4.79 Å². The molecule has 0 aliphatic carbocycles. The molecule has 1 atom stereocenters. The number of benzene rings is 1. The van der Waals surface area contributed by atoms with E-state index in [1.54, 1.807) is 29.7 Å². The van der Waals surface area contributed by atoms with Crippen molar-refractivity contribution >= 4 is 23.5 Å². The van der Waals surface area contributed by atoms with Gasteiger partial charge in [0, 0.05) is 24.1 Å². The first-order valence-corrected chi connectivity index (χ1v) is 6.48. The number of carbonyl (C=O) groups is 2. The van der Waals surface area contributed by atoms with Crippen molar-refractivity contribution in [3.05, 3.63) is 29.8 Å². The summed E-state index contributed by atoms with van der Waals surface area (Å²) in [6.45, 7) is 2.38. The van der Waals surface area contributed by atoms with Crippen molar-refractivity contribution < 1.29 is 9.59 Å². The summed E-state index contributed by atoms with van der Waals surface area (Å²) in [5, 5.41) is 0.00204. The second kappa shape index (κ2) is 4.92. The Hall–Kier alpha value is -1.29. The molecule has 3 nitrogen and oxygen atoms in total. The zero-order chi connectivity index (χ0) is 12.4. The van der Waals surface area contributed by atoms with E-state index in [4.69, 9.17) is 0 Å². The van der Waals surface area contributed by atoms with Gasteiger partial charge in [-0.2, -0.15) is 0 Å². The van der Waals surface area contributed by atoms with Gasteiger partial charge in [-0.3, -0.25) is 9.59 Å². The number of thioether (sulfide) groups is 1. The molecule has 17 heavy (non-hydrogen) atoms. The van der Waals surface area contributed by atoms with E-state index < -0.39 is 0 Å². The fourth-order valence-corrected chi connectivity index (χ4v) is 3.04. The zero-order valence-corrected chi connectivity index (χ0v) is 10.8. The Morgan fingerprint density at radius 1 is 1.47 bits per heavy atom. The normalized spacial score (nSPS) is 19.8. The molecule has 1 unspecified atom stereocenters. The Balaban J connectivity index is 2.11. The molecule has 1 fully saturated rings. The topological polar surface area (TPSA) is 37.4 Å². The van der Waals surface area contributed by atoms with Crippen LogP contribution in [0.3, 0.4) is 0 Å². The Labute approximate surface area is 105 Å². The average molecular weight is 249 g/mol. The van der Waals surface area contributed by atoms with Crippen molar-refractivity contribution in [1.29, 1.82) is 0 Å². The summed E-state index contributed by atoms with van der Waals surface area (Å²) in [5.41, 5.74) is 0.703. The summed E-state index contributed by atoms with van der Waals surface area (Å²) in [6, 6.07) is 7.47. The highest BCUT2D eigenvalue weighted by atomic mass is 32.2. The molecule has 1 aliphatic rings. The molecule has 0 spiro atoms. The third kappa shape index (κ3) is 2.69. The van der Waals surface area contributed by atoms with Crippen molar-refractivity contribution in [1.82, 2.24) is 4.90 Å². The van der Waals surface area contributed by atoms with Gasteiger partial charge in [-0.15, -0.1) is 11.8 Å². The van der Waals surface area contributed by atoms with E-state index in [2.05, 4.69) is 0 Å². The molecule has 1 amide bonds. The molecular weight excluding hydrogens is 234 g/mol. The molecule has 0 aromatic heterocycles. The van der Waals surface area contributed by atoms with Crippen LogP contribution in [0.1, 0.15) is 23.7 Å². The van der Waals surface area contributed by atoms with Gasteiger partial charge in [-0.05, 0) is 25.5 Å². The molecule has 0 radical (unpaired) electrons. The first-order chi connectivity index (χ1) is 8.08. The number of nitrogens with zero attached hydrogens (tertiary/aromatic N) is 1. The second-order valence-corrected chi connectivity index (χ2v) is 5.52. The molecule has 1 aliphatic heterocycles. The Morgan fingerprint density at radius 3 is 2.82 bits per heavy atom. The Kier molecular flexibility index (Phi) is 3.52. The lowest BCUT2D eigenvalue weighted by Gasteiger charge is -2.10. The predicted molar refractivity (Wildman–Crippen MR) is 68.3 cm³/mol. The molecule has 1 saturated heterocycles. The van der Waals surface area contributed by atoms with Crippen molar-refractivity contribution in [2.24, 2.45) is 0 Å². The third-order valence-corrected chi connectivity index (χ3v) is 4.15. The second-order valence-electron chi connectivity index (χ2n) is 4.24.